The maximum Gasteiger partial charge on any atom is 0.344 e. The van der Waals surface area contributed by atoms with Crippen LogP contribution in [0.15, 0.2) is 48.5 Å². The fraction of sp³-hybridized carbons (Fsp3) is 0.364. The molecule has 2 rings (SSSR count). The molecule has 2 aromatic rings. The van der Waals surface area contributed by atoms with Gasteiger partial charge in [-0.15, -0.1) is 0 Å². The van der Waals surface area contributed by atoms with E-state index < -0.39 is 5.97 Å². The van der Waals surface area contributed by atoms with Gasteiger partial charge >= 0.3 is 5.97 Å². The van der Waals surface area contributed by atoms with E-state index in [1.54, 1.807) is 0 Å². The molecule has 0 saturated carbocycles. The quantitative estimate of drug-likeness (QED) is 0.516. The Kier molecular flexibility index (Phi) is 8.36. The second-order valence-electron chi connectivity index (χ2n) is 6.34. The number of hydrogen-bond acceptors (Lipinski definition) is 4. The van der Waals surface area contributed by atoms with Gasteiger partial charge in [-0.1, -0.05) is 48.9 Å². The third kappa shape index (κ3) is 7.94. The summed E-state index contributed by atoms with van der Waals surface area (Å²) in [7, 11) is 0. The molecule has 0 radical (unpaired) electrons. The number of carbonyl (C=O) groups is 2. The van der Waals surface area contributed by atoms with E-state index >= 15 is 0 Å². The van der Waals surface area contributed by atoms with Crippen molar-refractivity contribution in [3.63, 3.8) is 0 Å². The van der Waals surface area contributed by atoms with E-state index in [4.69, 9.17) is 9.47 Å². The molecule has 0 aliphatic carbocycles. The highest BCUT2D eigenvalue weighted by molar-refractivity contribution is 5.76. The summed E-state index contributed by atoms with van der Waals surface area (Å²) in [6.45, 7) is 4.39. The molecule has 0 spiro atoms. The molecule has 0 aromatic heterocycles. The Morgan fingerprint density at radius 3 is 2.30 bits per heavy atom. The van der Waals surface area contributed by atoms with Crippen molar-refractivity contribution in [3.8, 4) is 5.75 Å². The Hall–Kier alpha value is -2.82. The first kappa shape index (κ1) is 20.5. The highest BCUT2D eigenvalue weighted by atomic mass is 16.6. The second-order valence-corrected chi connectivity index (χ2v) is 6.34. The lowest BCUT2D eigenvalue weighted by atomic mass is 10.1. The first-order valence-corrected chi connectivity index (χ1v) is 9.26. The molecule has 0 aliphatic heterocycles. The maximum atomic E-state index is 11.8. The van der Waals surface area contributed by atoms with Gasteiger partial charge in [-0.3, -0.25) is 4.79 Å². The van der Waals surface area contributed by atoms with Gasteiger partial charge in [0.2, 0.25) is 5.91 Å². The van der Waals surface area contributed by atoms with Crippen molar-refractivity contribution in [2.45, 2.75) is 33.1 Å². The second kappa shape index (κ2) is 11.0. The number of hydrogen-bond donors (Lipinski definition) is 1. The number of rotatable bonds is 10. The maximum absolute atomic E-state index is 11.8. The number of carbonyl (C=O) groups excluding carboxylic acids is 2. The van der Waals surface area contributed by atoms with Gasteiger partial charge in [0.25, 0.3) is 0 Å². The predicted octanol–water partition coefficient (Wildman–Crippen LogP) is 3.23. The number of amides is 1. The normalized spacial score (nSPS) is 10.3. The van der Waals surface area contributed by atoms with E-state index in [1.807, 2.05) is 55.5 Å². The minimum absolute atomic E-state index is 0.0566. The van der Waals surface area contributed by atoms with Gasteiger partial charge in [0.15, 0.2) is 6.61 Å². The van der Waals surface area contributed by atoms with Crippen LogP contribution in [0.25, 0.3) is 0 Å². The average Bonchev–Trinajstić information content (AvgIpc) is 2.69. The molecule has 5 heteroatoms. The van der Waals surface area contributed by atoms with Crippen LogP contribution < -0.4 is 10.1 Å². The summed E-state index contributed by atoms with van der Waals surface area (Å²) in [4.78, 5) is 23.5. The monoisotopic (exact) mass is 369 g/mol. The minimum Gasteiger partial charge on any atom is -0.482 e. The van der Waals surface area contributed by atoms with Gasteiger partial charge in [-0.2, -0.15) is 0 Å². The highest BCUT2D eigenvalue weighted by Gasteiger charge is 2.06. The highest BCUT2D eigenvalue weighted by Crippen LogP contribution is 2.12. The number of benzene rings is 2. The minimum atomic E-state index is -0.455. The Morgan fingerprint density at radius 1 is 0.963 bits per heavy atom. The van der Waals surface area contributed by atoms with Crippen molar-refractivity contribution >= 4 is 11.9 Å². The van der Waals surface area contributed by atoms with Crippen molar-refractivity contribution in [3.05, 3.63) is 65.2 Å². The molecule has 0 unspecified atom stereocenters. The predicted molar refractivity (Wildman–Crippen MR) is 105 cm³/mol. The zero-order valence-electron chi connectivity index (χ0n) is 16.0. The largest absolute Gasteiger partial charge is 0.482 e. The van der Waals surface area contributed by atoms with Gasteiger partial charge in [-0.25, -0.2) is 4.79 Å². The van der Waals surface area contributed by atoms with Crippen molar-refractivity contribution in [1.82, 2.24) is 5.32 Å². The molecule has 27 heavy (non-hydrogen) atoms. The van der Waals surface area contributed by atoms with Crippen molar-refractivity contribution in [2.75, 3.05) is 19.8 Å². The lowest BCUT2D eigenvalue weighted by Crippen LogP contribution is -2.29. The summed E-state index contributed by atoms with van der Waals surface area (Å²) in [5, 5.41) is 2.75. The fourth-order valence-corrected chi connectivity index (χ4v) is 2.46. The summed E-state index contributed by atoms with van der Waals surface area (Å²) >= 11 is 0. The van der Waals surface area contributed by atoms with Crippen LogP contribution in [0.2, 0.25) is 0 Å². The zero-order chi connectivity index (χ0) is 19.5. The molecule has 0 bridgehead atoms. The van der Waals surface area contributed by atoms with Gasteiger partial charge in [0, 0.05) is 6.42 Å². The number of ether oxygens (including phenoxy) is 2. The topological polar surface area (TPSA) is 64.6 Å². The third-order valence-electron chi connectivity index (χ3n) is 4.14. The number of nitrogens with one attached hydrogen (secondary N) is 1. The standard InChI is InChI=1S/C22H27NO4/c1-3-18-8-11-20(12-9-18)27-16-22(25)26-15-14-23-21(24)13-10-19-6-4-17(2)5-7-19/h4-9,11-12H,3,10,13-16H2,1-2H3,(H,23,24). The molecule has 0 saturated heterocycles. The van der Waals surface area contributed by atoms with Gasteiger partial charge < -0.3 is 14.8 Å². The lowest BCUT2D eigenvalue weighted by molar-refractivity contribution is -0.146. The molecule has 1 N–H and O–H groups in total. The van der Waals surface area contributed by atoms with Crippen molar-refractivity contribution in [1.29, 1.82) is 0 Å². The summed E-state index contributed by atoms with van der Waals surface area (Å²) < 4.78 is 10.4. The van der Waals surface area contributed by atoms with Crippen LogP contribution in [0, 0.1) is 6.92 Å². The Morgan fingerprint density at radius 2 is 1.63 bits per heavy atom. The van der Waals surface area contributed by atoms with Crippen LogP contribution in [-0.2, 0) is 27.2 Å². The van der Waals surface area contributed by atoms with Gasteiger partial charge in [0.05, 0.1) is 6.54 Å². The Bertz CT molecular complexity index is 723. The van der Waals surface area contributed by atoms with E-state index in [9.17, 15) is 9.59 Å². The van der Waals surface area contributed by atoms with Crippen LogP contribution in [0.3, 0.4) is 0 Å². The molecule has 0 fully saturated rings. The SMILES string of the molecule is CCc1ccc(OCC(=O)OCCNC(=O)CCc2ccc(C)cc2)cc1. The van der Waals surface area contributed by atoms with Gasteiger partial charge in [-0.05, 0) is 43.0 Å². The molecular formula is C22H27NO4. The first-order valence-electron chi connectivity index (χ1n) is 9.26. The molecule has 0 atom stereocenters. The van der Waals surface area contributed by atoms with Crippen LogP contribution in [-0.4, -0.2) is 31.6 Å². The molecular weight excluding hydrogens is 342 g/mol. The van der Waals surface area contributed by atoms with E-state index in [-0.39, 0.29) is 19.1 Å². The fourth-order valence-electron chi connectivity index (χ4n) is 2.46. The van der Waals surface area contributed by atoms with Crippen LogP contribution in [0.1, 0.15) is 30.0 Å². The van der Waals surface area contributed by atoms with Gasteiger partial charge in [0.1, 0.15) is 12.4 Å². The summed E-state index contributed by atoms with van der Waals surface area (Å²) in [6, 6.07) is 15.7. The van der Waals surface area contributed by atoms with E-state index in [2.05, 4.69) is 12.2 Å². The van der Waals surface area contributed by atoms with Crippen LogP contribution >= 0.6 is 0 Å². The number of aryl methyl sites for hydroxylation is 3. The summed E-state index contributed by atoms with van der Waals surface area (Å²) in [5.41, 5.74) is 3.54. The van der Waals surface area contributed by atoms with E-state index in [1.165, 1.54) is 11.1 Å². The lowest BCUT2D eigenvalue weighted by Gasteiger charge is -2.08. The Balaban J connectivity index is 1.55. The van der Waals surface area contributed by atoms with Crippen LogP contribution in [0.4, 0.5) is 0 Å². The molecule has 0 aliphatic rings. The molecule has 0 heterocycles. The van der Waals surface area contributed by atoms with E-state index in [0.717, 1.165) is 12.0 Å². The Labute approximate surface area is 160 Å². The van der Waals surface area contributed by atoms with E-state index in [0.29, 0.717) is 25.1 Å². The third-order valence-corrected chi connectivity index (χ3v) is 4.14. The molecule has 2 aromatic carbocycles. The average molecular weight is 369 g/mol. The van der Waals surface area contributed by atoms with Crippen LogP contribution in [0.5, 0.6) is 5.75 Å². The zero-order valence-corrected chi connectivity index (χ0v) is 16.0. The molecule has 5 nitrogen and oxygen atoms in total. The number of esters is 1. The summed E-state index contributed by atoms with van der Waals surface area (Å²) in [6.07, 6.45) is 2.06. The smallest absolute Gasteiger partial charge is 0.344 e. The molecule has 144 valence electrons. The molecule has 1 amide bonds. The van der Waals surface area contributed by atoms with Crippen molar-refractivity contribution < 1.29 is 19.1 Å². The summed E-state index contributed by atoms with van der Waals surface area (Å²) in [5.74, 6) is 0.121. The first-order chi connectivity index (χ1) is 13.1. The van der Waals surface area contributed by atoms with Crippen molar-refractivity contribution in [2.24, 2.45) is 0 Å².